The minimum Gasteiger partial charge on any atom is -0.465 e. The number of carbonyl (C=O) groups excluding carboxylic acids is 2. The molecule has 1 saturated heterocycles. The van der Waals surface area contributed by atoms with Gasteiger partial charge in [-0.05, 0) is 19.9 Å². The van der Waals surface area contributed by atoms with Gasteiger partial charge in [0.05, 0.1) is 12.3 Å². The van der Waals surface area contributed by atoms with Crippen molar-refractivity contribution in [2.45, 2.75) is 26.1 Å². The Labute approximate surface area is 157 Å². The van der Waals surface area contributed by atoms with Crippen LogP contribution in [-0.4, -0.2) is 73.6 Å². The molecular weight excluding hydrogens is 354 g/mol. The number of hydrogen-bond acceptors (Lipinski definition) is 9. The SMILES string of the molecule is CCOC(=O)C1CNCCN1CC(O)Nc1cc2c(cc1C(C)=O)OCO2. The number of rotatable bonds is 7. The second-order valence-electron chi connectivity index (χ2n) is 6.43. The third-order valence-corrected chi connectivity index (χ3v) is 4.53. The smallest absolute Gasteiger partial charge is 0.324 e. The molecule has 27 heavy (non-hydrogen) atoms. The molecule has 0 spiro atoms. The highest BCUT2D eigenvalue weighted by Gasteiger charge is 2.31. The van der Waals surface area contributed by atoms with Crippen LogP contribution in [0.25, 0.3) is 0 Å². The monoisotopic (exact) mass is 379 g/mol. The van der Waals surface area contributed by atoms with E-state index in [0.29, 0.717) is 49.0 Å². The Morgan fingerprint density at radius 3 is 2.85 bits per heavy atom. The number of nitrogens with one attached hydrogen (secondary N) is 2. The van der Waals surface area contributed by atoms with Crippen LogP contribution in [0.2, 0.25) is 0 Å². The van der Waals surface area contributed by atoms with Crippen LogP contribution < -0.4 is 20.1 Å². The van der Waals surface area contributed by atoms with Crippen molar-refractivity contribution in [3.05, 3.63) is 17.7 Å². The maximum atomic E-state index is 12.1. The van der Waals surface area contributed by atoms with E-state index < -0.39 is 12.3 Å². The van der Waals surface area contributed by atoms with Crippen molar-refractivity contribution >= 4 is 17.4 Å². The van der Waals surface area contributed by atoms with E-state index in [1.54, 1.807) is 19.1 Å². The van der Waals surface area contributed by atoms with E-state index in [1.807, 2.05) is 4.90 Å². The van der Waals surface area contributed by atoms with Crippen molar-refractivity contribution in [2.24, 2.45) is 0 Å². The van der Waals surface area contributed by atoms with E-state index in [1.165, 1.54) is 6.92 Å². The van der Waals surface area contributed by atoms with Gasteiger partial charge in [-0.15, -0.1) is 0 Å². The Morgan fingerprint density at radius 2 is 2.15 bits per heavy atom. The van der Waals surface area contributed by atoms with Gasteiger partial charge < -0.3 is 30.0 Å². The predicted molar refractivity (Wildman–Crippen MR) is 97.1 cm³/mol. The first-order valence-corrected chi connectivity index (χ1v) is 9.00. The summed E-state index contributed by atoms with van der Waals surface area (Å²) in [6, 6.07) is 2.79. The molecule has 0 aliphatic carbocycles. The van der Waals surface area contributed by atoms with Crippen molar-refractivity contribution in [3.63, 3.8) is 0 Å². The number of fused-ring (bicyclic) bond motifs is 1. The molecule has 2 aliphatic heterocycles. The van der Waals surface area contributed by atoms with Crippen LogP contribution in [0.15, 0.2) is 12.1 Å². The third-order valence-electron chi connectivity index (χ3n) is 4.53. The second-order valence-corrected chi connectivity index (χ2v) is 6.43. The molecule has 0 aromatic heterocycles. The van der Waals surface area contributed by atoms with Crippen LogP contribution in [0, 0.1) is 0 Å². The molecule has 9 heteroatoms. The summed E-state index contributed by atoms with van der Waals surface area (Å²) in [6.45, 7) is 5.60. The molecule has 3 rings (SSSR count). The van der Waals surface area contributed by atoms with Gasteiger partial charge in [-0.1, -0.05) is 0 Å². The number of nitrogens with zero attached hydrogens (tertiary/aromatic N) is 1. The minimum absolute atomic E-state index is 0.0979. The number of Topliss-reactive ketones (excluding diaryl/α,β-unsaturated/α-hetero) is 1. The van der Waals surface area contributed by atoms with Crippen molar-refractivity contribution < 1.29 is 28.9 Å². The van der Waals surface area contributed by atoms with Gasteiger partial charge in [0.2, 0.25) is 6.79 Å². The summed E-state index contributed by atoms with van der Waals surface area (Å²) in [5.41, 5.74) is 0.864. The molecule has 1 aromatic rings. The van der Waals surface area contributed by atoms with Crippen LogP contribution in [0.3, 0.4) is 0 Å². The lowest BCUT2D eigenvalue weighted by atomic mass is 10.1. The van der Waals surface area contributed by atoms with E-state index in [9.17, 15) is 14.7 Å². The number of aliphatic hydroxyl groups is 1. The van der Waals surface area contributed by atoms with Crippen LogP contribution >= 0.6 is 0 Å². The molecule has 0 bridgehead atoms. The lowest BCUT2D eigenvalue weighted by Gasteiger charge is -2.35. The number of benzene rings is 1. The third kappa shape index (κ3) is 4.49. The minimum atomic E-state index is -0.988. The first-order chi connectivity index (χ1) is 13.0. The molecule has 0 radical (unpaired) electrons. The molecule has 2 unspecified atom stereocenters. The van der Waals surface area contributed by atoms with Gasteiger partial charge in [0.15, 0.2) is 17.3 Å². The maximum Gasteiger partial charge on any atom is 0.324 e. The summed E-state index contributed by atoms with van der Waals surface area (Å²) in [5.74, 6) is 0.546. The summed E-state index contributed by atoms with van der Waals surface area (Å²) >= 11 is 0. The van der Waals surface area contributed by atoms with Crippen molar-refractivity contribution in [3.8, 4) is 11.5 Å². The van der Waals surface area contributed by atoms with E-state index in [-0.39, 0.29) is 25.1 Å². The average molecular weight is 379 g/mol. The number of piperazine rings is 1. The van der Waals surface area contributed by atoms with Gasteiger partial charge in [0.1, 0.15) is 12.3 Å². The highest BCUT2D eigenvalue weighted by atomic mass is 16.7. The van der Waals surface area contributed by atoms with E-state index in [4.69, 9.17) is 14.2 Å². The lowest BCUT2D eigenvalue weighted by molar-refractivity contribution is -0.150. The fourth-order valence-electron chi connectivity index (χ4n) is 3.24. The molecule has 2 atom stereocenters. The highest BCUT2D eigenvalue weighted by Crippen LogP contribution is 2.37. The van der Waals surface area contributed by atoms with E-state index in [2.05, 4.69) is 10.6 Å². The predicted octanol–water partition coefficient (Wildman–Crippen LogP) is 0.185. The first-order valence-electron chi connectivity index (χ1n) is 9.00. The maximum absolute atomic E-state index is 12.1. The Balaban J connectivity index is 1.70. The molecule has 9 nitrogen and oxygen atoms in total. The standard InChI is InChI=1S/C18H25N3O6/c1-3-25-18(24)14-8-19-4-5-21(14)9-17(23)20-13-7-16-15(26-10-27-16)6-12(13)11(2)22/h6-7,14,17,19-20,23H,3-5,8-10H2,1-2H3. The number of β-amino-alcohol motifs (C(OH)–C–C–N with tert-alkyl or cyclic N) is 1. The van der Waals surface area contributed by atoms with Gasteiger partial charge in [0, 0.05) is 37.8 Å². The summed E-state index contributed by atoms with van der Waals surface area (Å²) < 4.78 is 15.8. The molecule has 1 fully saturated rings. The zero-order chi connectivity index (χ0) is 19.4. The number of hydrogen-bond donors (Lipinski definition) is 3. The van der Waals surface area contributed by atoms with Crippen molar-refractivity contribution in [1.82, 2.24) is 10.2 Å². The van der Waals surface area contributed by atoms with E-state index in [0.717, 1.165) is 0 Å². The van der Waals surface area contributed by atoms with Crippen LogP contribution in [-0.2, 0) is 9.53 Å². The Bertz CT molecular complexity index is 711. The Hall–Kier alpha value is -2.36. The normalized spacial score (nSPS) is 20.2. The summed E-state index contributed by atoms with van der Waals surface area (Å²) in [6.07, 6.45) is -0.988. The van der Waals surface area contributed by atoms with Crippen molar-refractivity contribution in [1.29, 1.82) is 0 Å². The van der Waals surface area contributed by atoms with Gasteiger partial charge >= 0.3 is 5.97 Å². The second kappa shape index (κ2) is 8.55. The molecule has 0 saturated carbocycles. The fraction of sp³-hybridized carbons (Fsp3) is 0.556. The first kappa shape index (κ1) is 19.4. The lowest BCUT2D eigenvalue weighted by Crippen LogP contribution is -2.57. The van der Waals surface area contributed by atoms with Crippen molar-refractivity contribution in [2.75, 3.05) is 44.9 Å². The fourth-order valence-corrected chi connectivity index (χ4v) is 3.24. The number of anilines is 1. The quantitative estimate of drug-likeness (QED) is 0.347. The Kier molecular flexibility index (Phi) is 6.15. The molecule has 1 aromatic carbocycles. The average Bonchev–Trinajstić information content (AvgIpc) is 3.08. The molecule has 148 valence electrons. The highest BCUT2D eigenvalue weighted by molar-refractivity contribution is 6.00. The van der Waals surface area contributed by atoms with E-state index >= 15 is 0 Å². The number of ether oxygens (including phenoxy) is 3. The van der Waals surface area contributed by atoms with Gasteiger partial charge in [-0.2, -0.15) is 0 Å². The largest absolute Gasteiger partial charge is 0.465 e. The molecular formula is C18H25N3O6. The van der Waals surface area contributed by atoms with Gasteiger partial charge in [0.25, 0.3) is 0 Å². The number of ketones is 1. The number of aliphatic hydroxyl groups excluding tert-OH is 1. The molecule has 2 aliphatic rings. The van der Waals surface area contributed by atoms with Gasteiger partial charge in [-0.3, -0.25) is 14.5 Å². The number of esters is 1. The van der Waals surface area contributed by atoms with Crippen LogP contribution in [0.5, 0.6) is 11.5 Å². The molecule has 2 heterocycles. The molecule has 3 N–H and O–H groups in total. The van der Waals surface area contributed by atoms with Crippen LogP contribution in [0.1, 0.15) is 24.2 Å². The zero-order valence-electron chi connectivity index (χ0n) is 15.5. The summed E-state index contributed by atoms with van der Waals surface area (Å²) in [5, 5.41) is 16.6. The zero-order valence-corrected chi connectivity index (χ0v) is 15.5. The Morgan fingerprint density at radius 1 is 1.41 bits per heavy atom. The van der Waals surface area contributed by atoms with Gasteiger partial charge in [-0.25, -0.2) is 0 Å². The van der Waals surface area contributed by atoms with Crippen LogP contribution in [0.4, 0.5) is 5.69 Å². The topological polar surface area (TPSA) is 109 Å². The molecule has 0 amide bonds. The summed E-state index contributed by atoms with van der Waals surface area (Å²) in [4.78, 5) is 26.0. The number of carbonyl (C=O) groups is 2. The summed E-state index contributed by atoms with van der Waals surface area (Å²) in [7, 11) is 0.